The van der Waals surface area contributed by atoms with Gasteiger partial charge >= 0.3 is 0 Å². The summed E-state index contributed by atoms with van der Waals surface area (Å²) in [6.45, 7) is 9.79. The standard InChI is InChI=1S/C13H25N5/c1-5-6-11-7-12(11)18-13(15-16-17-18)10(4)14-8-9(2)3/h9-12,14H,5-8H2,1-4H3. The molecule has 2 rings (SSSR count). The topological polar surface area (TPSA) is 55.6 Å². The highest BCUT2D eigenvalue weighted by Gasteiger charge is 2.40. The maximum atomic E-state index is 4.19. The first kappa shape index (κ1) is 13.5. The molecule has 18 heavy (non-hydrogen) atoms. The van der Waals surface area contributed by atoms with Crippen LogP contribution in [0.5, 0.6) is 0 Å². The van der Waals surface area contributed by atoms with Gasteiger partial charge in [0.25, 0.3) is 0 Å². The van der Waals surface area contributed by atoms with Gasteiger partial charge in [0.1, 0.15) is 0 Å². The highest BCUT2D eigenvalue weighted by atomic mass is 15.6. The van der Waals surface area contributed by atoms with Crippen LogP contribution in [0.1, 0.15) is 64.9 Å². The van der Waals surface area contributed by atoms with Crippen molar-refractivity contribution in [2.45, 2.75) is 59.0 Å². The normalized spacial score (nSPS) is 24.5. The third-order valence-electron chi connectivity index (χ3n) is 3.60. The molecule has 1 aliphatic carbocycles. The maximum absolute atomic E-state index is 4.19. The van der Waals surface area contributed by atoms with Gasteiger partial charge in [0.15, 0.2) is 5.82 Å². The molecular formula is C13H25N5. The second-order valence-electron chi connectivity index (χ2n) is 5.86. The molecule has 1 aromatic heterocycles. The Morgan fingerprint density at radius 1 is 1.39 bits per heavy atom. The van der Waals surface area contributed by atoms with Gasteiger partial charge in [-0.1, -0.05) is 27.2 Å². The third kappa shape index (κ3) is 3.07. The van der Waals surface area contributed by atoms with Gasteiger partial charge in [-0.2, -0.15) is 0 Å². The summed E-state index contributed by atoms with van der Waals surface area (Å²) in [4.78, 5) is 0. The van der Waals surface area contributed by atoms with Crippen molar-refractivity contribution in [1.29, 1.82) is 0 Å². The lowest BCUT2D eigenvalue weighted by Crippen LogP contribution is -2.26. The fourth-order valence-corrected chi connectivity index (χ4v) is 2.44. The van der Waals surface area contributed by atoms with Crippen LogP contribution in [-0.4, -0.2) is 26.8 Å². The lowest BCUT2D eigenvalue weighted by atomic mass is 10.2. The molecule has 3 atom stereocenters. The van der Waals surface area contributed by atoms with Crippen molar-refractivity contribution >= 4 is 0 Å². The van der Waals surface area contributed by atoms with Crippen LogP contribution in [0.3, 0.4) is 0 Å². The van der Waals surface area contributed by atoms with E-state index in [9.17, 15) is 0 Å². The number of aromatic nitrogens is 4. The Morgan fingerprint density at radius 2 is 2.17 bits per heavy atom. The van der Waals surface area contributed by atoms with Crippen molar-refractivity contribution in [2.24, 2.45) is 11.8 Å². The van der Waals surface area contributed by atoms with Crippen molar-refractivity contribution in [3.05, 3.63) is 5.82 Å². The first-order valence-corrected chi connectivity index (χ1v) is 7.14. The molecule has 1 heterocycles. The number of hydrogen-bond acceptors (Lipinski definition) is 4. The van der Waals surface area contributed by atoms with E-state index in [0.717, 1.165) is 18.3 Å². The van der Waals surface area contributed by atoms with Crippen LogP contribution in [0, 0.1) is 11.8 Å². The van der Waals surface area contributed by atoms with Gasteiger partial charge in [-0.25, -0.2) is 4.68 Å². The molecule has 0 bridgehead atoms. The second-order valence-corrected chi connectivity index (χ2v) is 5.86. The molecule has 1 aromatic rings. The SMILES string of the molecule is CCCC1CC1n1nnnc1C(C)NCC(C)C. The van der Waals surface area contributed by atoms with E-state index < -0.39 is 0 Å². The molecular weight excluding hydrogens is 226 g/mol. The van der Waals surface area contributed by atoms with E-state index in [1.807, 2.05) is 4.68 Å². The van der Waals surface area contributed by atoms with Crippen LogP contribution in [0.4, 0.5) is 0 Å². The lowest BCUT2D eigenvalue weighted by molar-refractivity contribution is 0.445. The van der Waals surface area contributed by atoms with Crippen molar-refractivity contribution in [3.63, 3.8) is 0 Å². The average Bonchev–Trinajstić information content (AvgIpc) is 2.91. The highest BCUT2D eigenvalue weighted by molar-refractivity contribution is 4.99. The van der Waals surface area contributed by atoms with E-state index in [2.05, 4.69) is 48.5 Å². The molecule has 5 nitrogen and oxygen atoms in total. The summed E-state index contributed by atoms with van der Waals surface area (Å²) in [6.07, 6.45) is 3.78. The van der Waals surface area contributed by atoms with Gasteiger partial charge in [-0.15, -0.1) is 5.10 Å². The van der Waals surface area contributed by atoms with Gasteiger partial charge in [0.05, 0.1) is 12.1 Å². The Morgan fingerprint density at radius 3 is 2.83 bits per heavy atom. The van der Waals surface area contributed by atoms with Gasteiger partial charge < -0.3 is 5.32 Å². The smallest absolute Gasteiger partial charge is 0.168 e. The van der Waals surface area contributed by atoms with E-state index in [-0.39, 0.29) is 6.04 Å². The quantitative estimate of drug-likeness (QED) is 0.808. The number of nitrogens with one attached hydrogen (secondary N) is 1. The van der Waals surface area contributed by atoms with Crippen molar-refractivity contribution in [2.75, 3.05) is 6.54 Å². The Balaban J connectivity index is 1.95. The number of tetrazole rings is 1. The Kier molecular flexibility index (Phi) is 4.32. The molecule has 0 amide bonds. The Hall–Kier alpha value is -0.970. The van der Waals surface area contributed by atoms with Gasteiger partial charge in [0, 0.05) is 0 Å². The predicted molar refractivity (Wildman–Crippen MR) is 71.1 cm³/mol. The zero-order valence-corrected chi connectivity index (χ0v) is 11.9. The zero-order chi connectivity index (χ0) is 13.1. The molecule has 1 saturated carbocycles. The van der Waals surface area contributed by atoms with E-state index in [4.69, 9.17) is 0 Å². The minimum absolute atomic E-state index is 0.227. The summed E-state index contributed by atoms with van der Waals surface area (Å²) in [5.74, 6) is 2.42. The maximum Gasteiger partial charge on any atom is 0.168 e. The zero-order valence-electron chi connectivity index (χ0n) is 11.9. The molecule has 0 saturated heterocycles. The summed E-state index contributed by atoms with van der Waals surface area (Å²) in [5, 5.41) is 15.7. The molecule has 102 valence electrons. The first-order valence-electron chi connectivity index (χ1n) is 7.14. The lowest BCUT2D eigenvalue weighted by Gasteiger charge is -2.15. The summed E-state index contributed by atoms with van der Waals surface area (Å²) >= 11 is 0. The molecule has 3 unspecified atom stereocenters. The largest absolute Gasteiger partial charge is 0.307 e. The molecule has 0 radical (unpaired) electrons. The van der Waals surface area contributed by atoms with Gasteiger partial charge in [0.2, 0.25) is 0 Å². The van der Waals surface area contributed by atoms with E-state index in [1.54, 1.807) is 0 Å². The van der Waals surface area contributed by atoms with Crippen LogP contribution in [-0.2, 0) is 0 Å². The molecule has 1 fully saturated rings. The minimum atomic E-state index is 0.227. The average molecular weight is 251 g/mol. The summed E-state index contributed by atoms with van der Waals surface area (Å²) in [7, 11) is 0. The van der Waals surface area contributed by atoms with Crippen LogP contribution in [0.2, 0.25) is 0 Å². The fraction of sp³-hybridized carbons (Fsp3) is 0.923. The Bertz CT molecular complexity index is 373. The van der Waals surface area contributed by atoms with E-state index in [0.29, 0.717) is 12.0 Å². The van der Waals surface area contributed by atoms with Crippen LogP contribution in [0.15, 0.2) is 0 Å². The molecule has 1 N–H and O–H groups in total. The summed E-state index contributed by atoms with van der Waals surface area (Å²) < 4.78 is 2.04. The highest BCUT2D eigenvalue weighted by Crippen LogP contribution is 2.46. The molecule has 5 heteroatoms. The Labute approximate surface area is 109 Å². The van der Waals surface area contributed by atoms with Crippen molar-refractivity contribution in [3.8, 4) is 0 Å². The van der Waals surface area contributed by atoms with Crippen molar-refractivity contribution < 1.29 is 0 Å². The molecule has 0 spiro atoms. The van der Waals surface area contributed by atoms with Crippen LogP contribution in [0.25, 0.3) is 0 Å². The second kappa shape index (κ2) is 5.78. The molecule has 1 aliphatic rings. The number of hydrogen-bond donors (Lipinski definition) is 1. The summed E-state index contributed by atoms with van der Waals surface area (Å²) in [6, 6.07) is 0.767. The van der Waals surface area contributed by atoms with E-state index >= 15 is 0 Å². The first-order chi connectivity index (χ1) is 8.63. The van der Waals surface area contributed by atoms with Crippen LogP contribution >= 0.6 is 0 Å². The predicted octanol–water partition coefficient (Wildman–Crippen LogP) is 2.34. The molecule has 0 aromatic carbocycles. The molecule has 0 aliphatic heterocycles. The van der Waals surface area contributed by atoms with Crippen LogP contribution < -0.4 is 5.32 Å². The van der Waals surface area contributed by atoms with Gasteiger partial charge in [-0.05, 0) is 48.6 Å². The van der Waals surface area contributed by atoms with Gasteiger partial charge in [-0.3, -0.25) is 0 Å². The number of rotatable bonds is 7. The summed E-state index contributed by atoms with van der Waals surface area (Å²) in [5.41, 5.74) is 0. The third-order valence-corrected chi connectivity index (χ3v) is 3.60. The number of nitrogens with zero attached hydrogens (tertiary/aromatic N) is 4. The minimum Gasteiger partial charge on any atom is -0.307 e. The fourth-order valence-electron chi connectivity index (χ4n) is 2.44. The monoisotopic (exact) mass is 251 g/mol. The van der Waals surface area contributed by atoms with E-state index in [1.165, 1.54) is 19.3 Å². The van der Waals surface area contributed by atoms with Crippen molar-refractivity contribution in [1.82, 2.24) is 25.5 Å².